The number of hydrogen-bond donors (Lipinski definition) is 0. The Bertz CT molecular complexity index is 244. The average molecular weight is 219 g/mol. The molecular weight excluding hydrogens is 194 g/mol. The molecule has 0 aromatic carbocycles. The van der Waals surface area contributed by atoms with Gasteiger partial charge in [-0.15, -0.1) is 0 Å². The van der Waals surface area contributed by atoms with Crippen LogP contribution in [0, 0.1) is 0 Å². The molecular formula is C15H25N. The van der Waals surface area contributed by atoms with Crippen molar-refractivity contribution in [1.29, 1.82) is 0 Å². The fourth-order valence-corrected chi connectivity index (χ4v) is 2.09. The van der Waals surface area contributed by atoms with Crippen LogP contribution in [0.15, 0.2) is 36.5 Å². The van der Waals surface area contributed by atoms with Crippen molar-refractivity contribution in [3.05, 3.63) is 36.5 Å². The molecule has 1 aliphatic rings. The van der Waals surface area contributed by atoms with Gasteiger partial charge in [0.1, 0.15) is 0 Å². The summed E-state index contributed by atoms with van der Waals surface area (Å²) in [5.41, 5.74) is 1.36. The molecule has 0 aromatic rings. The molecule has 90 valence electrons. The topological polar surface area (TPSA) is 3.24 Å². The zero-order valence-corrected chi connectivity index (χ0v) is 10.6. The molecule has 16 heavy (non-hydrogen) atoms. The van der Waals surface area contributed by atoms with Gasteiger partial charge in [0, 0.05) is 0 Å². The standard InChI is InChI=1S/C15H25N/c1-3-5-6-10-15(4-2)11-9-14-16-12-7-8-13-16/h4-6,10H,2-3,7-9,11-14H2,1H3/b6-5+,15-10+. The van der Waals surface area contributed by atoms with Crippen LogP contribution in [0.5, 0.6) is 0 Å². The minimum atomic E-state index is 1.11. The molecule has 0 unspecified atom stereocenters. The highest BCUT2D eigenvalue weighted by atomic mass is 15.1. The Morgan fingerprint density at radius 2 is 2.06 bits per heavy atom. The first-order valence-electron chi connectivity index (χ1n) is 6.57. The number of rotatable bonds is 7. The van der Waals surface area contributed by atoms with Gasteiger partial charge in [0.25, 0.3) is 0 Å². The minimum Gasteiger partial charge on any atom is -0.303 e. The maximum atomic E-state index is 3.87. The Labute approximate surface area is 101 Å². The van der Waals surface area contributed by atoms with Gasteiger partial charge >= 0.3 is 0 Å². The second-order valence-electron chi connectivity index (χ2n) is 4.43. The SMILES string of the molecule is C=C/C(=C\C=C\CC)CCCN1CCCC1. The van der Waals surface area contributed by atoms with Gasteiger partial charge < -0.3 is 4.90 Å². The van der Waals surface area contributed by atoms with E-state index in [1.54, 1.807) is 0 Å². The number of nitrogens with zero attached hydrogens (tertiary/aromatic N) is 1. The van der Waals surface area contributed by atoms with E-state index < -0.39 is 0 Å². The summed E-state index contributed by atoms with van der Waals surface area (Å²) in [6.45, 7) is 9.90. The van der Waals surface area contributed by atoms with Gasteiger partial charge in [0.15, 0.2) is 0 Å². The Balaban J connectivity index is 2.19. The molecule has 0 aromatic heterocycles. The molecule has 1 rings (SSSR count). The van der Waals surface area contributed by atoms with E-state index in [0.717, 1.165) is 12.8 Å². The van der Waals surface area contributed by atoms with Crippen LogP contribution in [0.4, 0.5) is 0 Å². The van der Waals surface area contributed by atoms with Gasteiger partial charge in [0.2, 0.25) is 0 Å². The van der Waals surface area contributed by atoms with Crippen molar-refractivity contribution in [3.8, 4) is 0 Å². The summed E-state index contributed by atoms with van der Waals surface area (Å²) in [6.07, 6.45) is 14.8. The van der Waals surface area contributed by atoms with Crippen molar-refractivity contribution in [1.82, 2.24) is 4.90 Å². The Kier molecular flexibility index (Phi) is 6.91. The van der Waals surface area contributed by atoms with Crippen LogP contribution in [0.25, 0.3) is 0 Å². The van der Waals surface area contributed by atoms with Crippen molar-refractivity contribution in [2.45, 2.75) is 39.0 Å². The van der Waals surface area contributed by atoms with E-state index >= 15 is 0 Å². The average Bonchev–Trinajstić information content (AvgIpc) is 2.80. The van der Waals surface area contributed by atoms with Crippen LogP contribution in [-0.4, -0.2) is 24.5 Å². The Morgan fingerprint density at radius 3 is 2.69 bits per heavy atom. The molecule has 0 aliphatic carbocycles. The Hall–Kier alpha value is -0.820. The summed E-state index contributed by atoms with van der Waals surface area (Å²) in [6, 6.07) is 0. The molecule has 0 spiro atoms. The highest BCUT2D eigenvalue weighted by Gasteiger charge is 2.10. The lowest BCUT2D eigenvalue weighted by molar-refractivity contribution is 0.334. The van der Waals surface area contributed by atoms with E-state index in [1.165, 1.54) is 44.5 Å². The van der Waals surface area contributed by atoms with Crippen LogP contribution < -0.4 is 0 Å². The third-order valence-electron chi connectivity index (χ3n) is 3.08. The first-order valence-corrected chi connectivity index (χ1v) is 6.57. The van der Waals surface area contributed by atoms with Gasteiger partial charge in [-0.3, -0.25) is 0 Å². The zero-order valence-electron chi connectivity index (χ0n) is 10.6. The third kappa shape index (κ3) is 5.32. The van der Waals surface area contributed by atoms with E-state index in [0.29, 0.717) is 0 Å². The molecule has 1 nitrogen and oxygen atoms in total. The smallest absolute Gasteiger partial charge is 0.00156 e. The molecule has 1 aliphatic heterocycles. The predicted octanol–water partition coefficient (Wildman–Crippen LogP) is 3.94. The molecule has 1 fully saturated rings. The summed E-state index contributed by atoms with van der Waals surface area (Å²) in [5.74, 6) is 0. The molecule has 1 heteroatoms. The van der Waals surface area contributed by atoms with Gasteiger partial charge in [0.05, 0.1) is 0 Å². The molecule has 0 saturated carbocycles. The lowest BCUT2D eigenvalue weighted by Gasteiger charge is -2.13. The number of hydrogen-bond acceptors (Lipinski definition) is 1. The van der Waals surface area contributed by atoms with Crippen LogP contribution in [0.3, 0.4) is 0 Å². The largest absolute Gasteiger partial charge is 0.303 e. The quantitative estimate of drug-likeness (QED) is 0.586. The van der Waals surface area contributed by atoms with E-state index in [1.807, 2.05) is 6.08 Å². The first kappa shape index (κ1) is 13.2. The highest BCUT2D eigenvalue weighted by Crippen LogP contribution is 2.11. The van der Waals surface area contributed by atoms with E-state index in [-0.39, 0.29) is 0 Å². The summed E-state index contributed by atoms with van der Waals surface area (Å²) < 4.78 is 0. The summed E-state index contributed by atoms with van der Waals surface area (Å²) in [4.78, 5) is 2.57. The van der Waals surface area contributed by atoms with Crippen molar-refractivity contribution in [2.75, 3.05) is 19.6 Å². The first-order chi connectivity index (χ1) is 7.86. The van der Waals surface area contributed by atoms with Crippen molar-refractivity contribution >= 4 is 0 Å². The normalized spacial score (nSPS) is 18.4. The monoisotopic (exact) mass is 219 g/mol. The van der Waals surface area contributed by atoms with E-state index in [9.17, 15) is 0 Å². The number of likely N-dealkylation sites (tertiary alicyclic amines) is 1. The summed E-state index contributed by atoms with van der Waals surface area (Å²) >= 11 is 0. The van der Waals surface area contributed by atoms with Crippen LogP contribution >= 0.6 is 0 Å². The fourth-order valence-electron chi connectivity index (χ4n) is 2.09. The lowest BCUT2D eigenvalue weighted by Crippen LogP contribution is -2.20. The fraction of sp³-hybridized carbons (Fsp3) is 0.600. The van der Waals surface area contributed by atoms with Crippen LogP contribution in [0.2, 0.25) is 0 Å². The number of allylic oxidation sites excluding steroid dienone is 5. The van der Waals surface area contributed by atoms with Gasteiger partial charge in [-0.25, -0.2) is 0 Å². The van der Waals surface area contributed by atoms with Gasteiger partial charge in [-0.05, 0) is 57.3 Å². The molecule has 1 heterocycles. The van der Waals surface area contributed by atoms with Crippen LogP contribution in [0.1, 0.15) is 39.0 Å². The van der Waals surface area contributed by atoms with Crippen LogP contribution in [-0.2, 0) is 0 Å². The van der Waals surface area contributed by atoms with E-state index in [2.05, 4.69) is 36.6 Å². The molecule has 0 amide bonds. The van der Waals surface area contributed by atoms with Crippen molar-refractivity contribution in [3.63, 3.8) is 0 Å². The molecule has 0 N–H and O–H groups in total. The van der Waals surface area contributed by atoms with Crippen molar-refractivity contribution < 1.29 is 0 Å². The Morgan fingerprint density at radius 1 is 1.31 bits per heavy atom. The highest BCUT2D eigenvalue weighted by molar-refractivity contribution is 5.21. The molecule has 0 atom stereocenters. The predicted molar refractivity (Wildman–Crippen MR) is 72.6 cm³/mol. The maximum Gasteiger partial charge on any atom is -0.00156 e. The van der Waals surface area contributed by atoms with Crippen molar-refractivity contribution in [2.24, 2.45) is 0 Å². The maximum absolute atomic E-state index is 3.87. The zero-order chi connectivity index (χ0) is 11.6. The third-order valence-corrected chi connectivity index (χ3v) is 3.08. The molecule has 0 bridgehead atoms. The second kappa shape index (κ2) is 8.35. The van der Waals surface area contributed by atoms with E-state index in [4.69, 9.17) is 0 Å². The van der Waals surface area contributed by atoms with Gasteiger partial charge in [-0.2, -0.15) is 0 Å². The summed E-state index contributed by atoms with van der Waals surface area (Å²) in [7, 11) is 0. The second-order valence-corrected chi connectivity index (χ2v) is 4.43. The lowest BCUT2D eigenvalue weighted by atomic mass is 10.1. The van der Waals surface area contributed by atoms with Gasteiger partial charge in [-0.1, -0.05) is 37.8 Å². The minimum absolute atomic E-state index is 1.11. The molecule has 0 radical (unpaired) electrons. The summed E-state index contributed by atoms with van der Waals surface area (Å²) in [5, 5.41) is 0. The molecule has 1 saturated heterocycles.